The molecule has 0 radical (unpaired) electrons. The van der Waals surface area contributed by atoms with Crippen molar-refractivity contribution in [1.82, 2.24) is 25.1 Å². The van der Waals surface area contributed by atoms with Crippen LogP contribution in [0.5, 0.6) is 0 Å². The maximum Gasteiger partial charge on any atom is 0.271 e. The molecule has 164 valence electrons. The molecular weight excluding hydrogens is 420 g/mol. The number of hydrogen-bond donors (Lipinski definition) is 1. The number of fused-ring (bicyclic) bond motifs is 1. The highest BCUT2D eigenvalue weighted by Crippen LogP contribution is 2.27. The Bertz CT molecular complexity index is 1110. The van der Waals surface area contributed by atoms with Crippen molar-refractivity contribution in [3.63, 3.8) is 0 Å². The zero-order valence-electron chi connectivity index (χ0n) is 16.8. The lowest BCUT2D eigenvalue weighted by Crippen LogP contribution is -2.49. The normalized spacial score (nSPS) is 16.1. The number of nitrogens with zero attached hydrogens (tertiary/aromatic N) is 5. The maximum absolute atomic E-state index is 12.7. The minimum atomic E-state index is -0.729. The molecule has 2 aliphatic heterocycles. The zero-order valence-corrected chi connectivity index (χ0v) is 16.8. The molecule has 0 atom stereocenters. The molecule has 0 bridgehead atoms. The van der Waals surface area contributed by atoms with Crippen molar-refractivity contribution in [2.75, 3.05) is 19.6 Å². The Morgan fingerprint density at radius 3 is 2.50 bits per heavy atom. The van der Waals surface area contributed by atoms with Gasteiger partial charge >= 0.3 is 0 Å². The number of nitrogens with one attached hydrogen (secondary N) is 1. The van der Waals surface area contributed by atoms with Gasteiger partial charge in [-0.1, -0.05) is 0 Å². The standard InChI is InChI=1S/C20H18N6O6/c27-17(11-25-19(29)14-2-1-13(26(31)32)9-15(14)20(25)30)24-7-3-12(4-8-24)23-18(28)16-10-21-5-6-22-16/h1-2,5-6,9-10,12H,3-4,7-8,11H2,(H,23,28). The topological polar surface area (TPSA) is 156 Å². The molecule has 0 unspecified atom stereocenters. The molecule has 1 aromatic heterocycles. The lowest BCUT2D eigenvalue weighted by Gasteiger charge is -2.33. The van der Waals surface area contributed by atoms with Crippen molar-refractivity contribution in [1.29, 1.82) is 0 Å². The molecule has 4 amide bonds. The van der Waals surface area contributed by atoms with Crippen LogP contribution in [0.2, 0.25) is 0 Å². The molecule has 0 saturated carbocycles. The van der Waals surface area contributed by atoms with E-state index in [0.29, 0.717) is 25.9 Å². The molecule has 1 saturated heterocycles. The van der Waals surface area contributed by atoms with Gasteiger partial charge in [-0.2, -0.15) is 0 Å². The Morgan fingerprint density at radius 2 is 1.84 bits per heavy atom. The van der Waals surface area contributed by atoms with E-state index < -0.39 is 29.2 Å². The minimum absolute atomic E-state index is 0.0406. The molecule has 32 heavy (non-hydrogen) atoms. The number of nitro groups is 1. The molecule has 0 aliphatic carbocycles. The summed E-state index contributed by atoms with van der Waals surface area (Å²) in [6.45, 7) is 0.245. The van der Waals surface area contributed by atoms with Crippen LogP contribution in [0.3, 0.4) is 0 Å². The van der Waals surface area contributed by atoms with Crippen molar-refractivity contribution in [2.24, 2.45) is 0 Å². The van der Waals surface area contributed by atoms with Crippen molar-refractivity contribution < 1.29 is 24.1 Å². The Morgan fingerprint density at radius 1 is 1.12 bits per heavy atom. The number of aromatic nitrogens is 2. The molecule has 12 nitrogen and oxygen atoms in total. The molecule has 0 spiro atoms. The van der Waals surface area contributed by atoms with E-state index in [2.05, 4.69) is 15.3 Å². The third-order valence-electron chi connectivity index (χ3n) is 5.44. The molecule has 4 rings (SSSR count). The van der Waals surface area contributed by atoms with E-state index >= 15 is 0 Å². The van der Waals surface area contributed by atoms with E-state index in [9.17, 15) is 29.3 Å². The zero-order chi connectivity index (χ0) is 22.8. The Balaban J connectivity index is 1.33. The Labute approximate surface area is 181 Å². The highest BCUT2D eigenvalue weighted by atomic mass is 16.6. The number of non-ortho nitro benzene ring substituents is 1. The lowest BCUT2D eigenvalue weighted by molar-refractivity contribution is -0.384. The van der Waals surface area contributed by atoms with E-state index in [1.54, 1.807) is 0 Å². The van der Waals surface area contributed by atoms with Crippen LogP contribution < -0.4 is 5.32 Å². The van der Waals surface area contributed by atoms with Gasteiger partial charge in [0.2, 0.25) is 5.91 Å². The first-order chi connectivity index (χ1) is 15.3. The fourth-order valence-corrected chi connectivity index (χ4v) is 3.72. The van der Waals surface area contributed by atoms with Crippen LogP contribution in [0.1, 0.15) is 44.0 Å². The largest absolute Gasteiger partial charge is 0.348 e. The molecule has 2 aromatic rings. The number of hydrogen-bond acceptors (Lipinski definition) is 8. The summed E-state index contributed by atoms with van der Waals surface area (Å²) >= 11 is 0. The van der Waals surface area contributed by atoms with Crippen LogP contribution in [-0.4, -0.2) is 74.0 Å². The number of rotatable bonds is 5. The van der Waals surface area contributed by atoms with Gasteiger partial charge in [-0.3, -0.25) is 39.2 Å². The number of carbonyl (C=O) groups is 4. The highest BCUT2D eigenvalue weighted by Gasteiger charge is 2.39. The molecule has 3 heterocycles. The van der Waals surface area contributed by atoms with Crippen LogP contribution in [0.15, 0.2) is 36.8 Å². The summed E-state index contributed by atoms with van der Waals surface area (Å²) in [6, 6.07) is 3.28. The van der Waals surface area contributed by atoms with Gasteiger partial charge in [0.1, 0.15) is 12.2 Å². The molecule has 12 heteroatoms. The van der Waals surface area contributed by atoms with Crippen LogP contribution in [0.4, 0.5) is 5.69 Å². The second kappa shape index (κ2) is 8.49. The fraction of sp³-hybridized carbons (Fsp3) is 0.300. The van der Waals surface area contributed by atoms with E-state index in [4.69, 9.17) is 0 Å². The van der Waals surface area contributed by atoms with Gasteiger partial charge in [-0.15, -0.1) is 0 Å². The second-order valence-corrected chi connectivity index (χ2v) is 7.40. The Kier molecular flexibility index (Phi) is 5.58. The van der Waals surface area contributed by atoms with Crippen molar-refractivity contribution >= 4 is 29.3 Å². The third-order valence-corrected chi connectivity index (χ3v) is 5.44. The number of benzene rings is 1. The first kappa shape index (κ1) is 21.0. The van der Waals surface area contributed by atoms with Gasteiger partial charge in [-0.25, -0.2) is 4.98 Å². The average Bonchev–Trinajstić information content (AvgIpc) is 3.04. The number of carbonyl (C=O) groups excluding carboxylic acids is 4. The van der Waals surface area contributed by atoms with E-state index in [1.165, 1.54) is 29.6 Å². The summed E-state index contributed by atoms with van der Waals surface area (Å²) in [4.78, 5) is 70.4. The van der Waals surface area contributed by atoms with Crippen LogP contribution in [0.25, 0.3) is 0 Å². The first-order valence-corrected chi connectivity index (χ1v) is 9.84. The third kappa shape index (κ3) is 4.02. The quantitative estimate of drug-likeness (QED) is 0.399. The van der Waals surface area contributed by atoms with Gasteiger partial charge in [0.15, 0.2) is 0 Å². The van der Waals surface area contributed by atoms with Crippen molar-refractivity contribution in [3.8, 4) is 0 Å². The van der Waals surface area contributed by atoms with E-state index in [1.807, 2.05) is 0 Å². The molecular formula is C20H18N6O6. The molecule has 1 fully saturated rings. The number of imide groups is 1. The first-order valence-electron chi connectivity index (χ1n) is 9.84. The van der Waals surface area contributed by atoms with Gasteiger partial charge in [0.05, 0.1) is 22.2 Å². The predicted molar refractivity (Wildman–Crippen MR) is 108 cm³/mol. The molecule has 2 aliphatic rings. The summed E-state index contributed by atoms with van der Waals surface area (Å²) in [6.07, 6.45) is 5.27. The van der Waals surface area contributed by atoms with Gasteiger partial charge in [-0.05, 0) is 18.9 Å². The van der Waals surface area contributed by atoms with E-state index in [-0.39, 0.29) is 34.5 Å². The molecule has 1 aromatic carbocycles. The predicted octanol–water partition coefficient (Wildman–Crippen LogP) is 0.402. The SMILES string of the molecule is O=C(NC1CCN(C(=O)CN2C(=O)c3ccc([N+](=O)[O-])cc3C2=O)CC1)c1cnccn1. The summed E-state index contributed by atoms with van der Waals surface area (Å²) in [7, 11) is 0. The van der Waals surface area contributed by atoms with Crippen molar-refractivity contribution in [2.45, 2.75) is 18.9 Å². The summed E-state index contributed by atoms with van der Waals surface area (Å²) in [5.41, 5.74) is -0.137. The van der Waals surface area contributed by atoms with Crippen LogP contribution >= 0.6 is 0 Å². The van der Waals surface area contributed by atoms with Crippen LogP contribution in [0, 0.1) is 10.1 Å². The fourth-order valence-electron chi connectivity index (χ4n) is 3.72. The Hall–Kier alpha value is -4.22. The minimum Gasteiger partial charge on any atom is -0.348 e. The van der Waals surface area contributed by atoms with E-state index in [0.717, 1.165) is 17.0 Å². The molecule has 1 N–H and O–H groups in total. The smallest absolute Gasteiger partial charge is 0.271 e. The summed E-state index contributed by atoms with van der Waals surface area (Å²) < 4.78 is 0. The summed E-state index contributed by atoms with van der Waals surface area (Å²) in [5, 5.41) is 13.8. The lowest BCUT2D eigenvalue weighted by atomic mass is 10.0. The van der Waals surface area contributed by atoms with Gasteiger partial charge < -0.3 is 10.2 Å². The van der Waals surface area contributed by atoms with Crippen LogP contribution in [-0.2, 0) is 4.79 Å². The van der Waals surface area contributed by atoms with Gasteiger partial charge in [0, 0.05) is 43.7 Å². The van der Waals surface area contributed by atoms with Gasteiger partial charge in [0.25, 0.3) is 23.4 Å². The number of likely N-dealkylation sites (tertiary alicyclic amines) is 1. The van der Waals surface area contributed by atoms with Crippen molar-refractivity contribution in [3.05, 3.63) is 63.7 Å². The summed E-state index contributed by atoms with van der Waals surface area (Å²) in [5.74, 6) is -2.14. The second-order valence-electron chi connectivity index (χ2n) is 7.40. The number of amides is 4. The number of nitro benzene ring substituents is 1. The highest BCUT2D eigenvalue weighted by molar-refractivity contribution is 6.22. The average molecular weight is 438 g/mol. The number of piperidine rings is 1. The maximum atomic E-state index is 12.7. The monoisotopic (exact) mass is 438 g/mol.